The molecule has 0 heterocycles. The Labute approximate surface area is 92.5 Å². The fourth-order valence-corrected chi connectivity index (χ4v) is 1.82. The van der Waals surface area contributed by atoms with Crippen molar-refractivity contribution in [3.63, 3.8) is 0 Å². The Bertz CT molecular complexity index is 356. The molecule has 84 valence electrons. The van der Waals surface area contributed by atoms with E-state index in [-0.39, 0.29) is 11.2 Å². The van der Waals surface area contributed by atoms with Gasteiger partial charge in [-0.3, -0.25) is 0 Å². The molecule has 0 amide bonds. The molecule has 0 unspecified atom stereocenters. The van der Waals surface area contributed by atoms with Gasteiger partial charge in [-0.1, -0.05) is 40.7 Å². The fourth-order valence-electron chi connectivity index (χ4n) is 1.82. The summed E-state index contributed by atoms with van der Waals surface area (Å²) in [5.41, 5.74) is 3.21. The molecule has 0 spiro atoms. The first-order valence-electron chi connectivity index (χ1n) is 5.54. The SMILES string of the molecule is Cc1cc(C(C)(C)C)c(C(C)C)cc1F. The van der Waals surface area contributed by atoms with Crippen molar-refractivity contribution < 1.29 is 4.39 Å². The van der Waals surface area contributed by atoms with E-state index in [1.165, 1.54) is 5.56 Å². The van der Waals surface area contributed by atoms with E-state index in [1.54, 1.807) is 6.07 Å². The van der Waals surface area contributed by atoms with Crippen molar-refractivity contribution in [3.05, 3.63) is 34.6 Å². The Morgan fingerprint density at radius 3 is 2.07 bits per heavy atom. The Morgan fingerprint density at radius 1 is 1.13 bits per heavy atom. The summed E-state index contributed by atoms with van der Waals surface area (Å²) in [4.78, 5) is 0. The highest BCUT2D eigenvalue weighted by Crippen LogP contribution is 2.32. The van der Waals surface area contributed by atoms with Crippen LogP contribution in [-0.2, 0) is 5.41 Å². The molecule has 15 heavy (non-hydrogen) atoms. The first-order chi connectivity index (χ1) is 6.73. The van der Waals surface area contributed by atoms with Gasteiger partial charge >= 0.3 is 0 Å². The van der Waals surface area contributed by atoms with Gasteiger partial charge in [0.15, 0.2) is 0 Å². The van der Waals surface area contributed by atoms with Crippen molar-refractivity contribution in [1.82, 2.24) is 0 Å². The van der Waals surface area contributed by atoms with Crippen molar-refractivity contribution in [3.8, 4) is 0 Å². The van der Waals surface area contributed by atoms with Gasteiger partial charge < -0.3 is 0 Å². The minimum absolute atomic E-state index is 0.0814. The second kappa shape index (κ2) is 3.96. The van der Waals surface area contributed by atoms with Crippen LogP contribution in [0.5, 0.6) is 0 Å². The van der Waals surface area contributed by atoms with Gasteiger partial charge in [0.05, 0.1) is 0 Å². The molecule has 0 bridgehead atoms. The molecule has 0 radical (unpaired) electrons. The van der Waals surface area contributed by atoms with Crippen LogP contribution in [0.15, 0.2) is 12.1 Å². The quantitative estimate of drug-likeness (QED) is 0.635. The molecule has 0 saturated heterocycles. The summed E-state index contributed by atoms with van der Waals surface area (Å²) in [6.07, 6.45) is 0. The largest absolute Gasteiger partial charge is 0.207 e. The standard InChI is InChI=1S/C14H21F/c1-9(2)11-8-13(15)10(3)7-12(11)14(4,5)6/h7-9H,1-6H3. The first-order valence-corrected chi connectivity index (χ1v) is 5.54. The average Bonchev–Trinajstić information content (AvgIpc) is 2.06. The predicted molar refractivity (Wildman–Crippen MR) is 63.9 cm³/mol. The summed E-state index contributed by atoms with van der Waals surface area (Å²) in [7, 11) is 0. The topological polar surface area (TPSA) is 0 Å². The maximum atomic E-state index is 13.5. The molecular formula is C14H21F. The molecular weight excluding hydrogens is 187 g/mol. The molecule has 0 aromatic heterocycles. The molecule has 1 aromatic rings. The Kier molecular flexibility index (Phi) is 3.22. The van der Waals surface area contributed by atoms with Crippen molar-refractivity contribution in [1.29, 1.82) is 0 Å². The lowest BCUT2D eigenvalue weighted by Gasteiger charge is -2.25. The van der Waals surface area contributed by atoms with Crippen LogP contribution in [0.25, 0.3) is 0 Å². The summed E-state index contributed by atoms with van der Waals surface area (Å²) in [5.74, 6) is 0.279. The Hall–Kier alpha value is -0.850. The van der Waals surface area contributed by atoms with Gasteiger partial charge in [0.2, 0.25) is 0 Å². The van der Waals surface area contributed by atoms with Crippen LogP contribution >= 0.6 is 0 Å². The number of rotatable bonds is 1. The van der Waals surface area contributed by atoms with Crippen LogP contribution in [0.2, 0.25) is 0 Å². The van der Waals surface area contributed by atoms with Crippen LogP contribution in [0.3, 0.4) is 0 Å². The first kappa shape index (κ1) is 12.2. The van der Waals surface area contributed by atoms with E-state index in [0.29, 0.717) is 5.92 Å². The highest BCUT2D eigenvalue weighted by molar-refractivity contribution is 5.38. The summed E-state index contributed by atoms with van der Waals surface area (Å²) in [6.45, 7) is 12.6. The van der Waals surface area contributed by atoms with Crippen LogP contribution < -0.4 is 0 Å². The van der Waals surface area contributed by atoms with Crippen LogP contribution in [0, 0.1) is 12.7 Å². The van der Waals surface area contributed by atoms with E-state index < -0.39 is 0 Å². The molecule has 1 rings (SSSR count). The van der Waals surface area contributed by atoms with Crippen LogP contribution in [0.4, 0.5) is 4.39 Å². The number of benzene rings is 1. The normalized spacial score (nSPS) is 12.3. The van der Waals surface area contributed by atoms with Gasteiger partial charge in [-0.05, 0) is 41.0 Å². The number of halogens is 1. The van der Waals surface area contributed by atoms with E-state index in [2.05, 4.69) is 34.6 Å². The number of hydrogen-bond donors (Lipinski definition) is 0. The summed E-state index contributed by atoms with van der Waals surface area (Å²) < 4.78 is 13.5. The van der Waals surface area contributed by atoms with Gasteiger partial charge in [-0.15, -0.1) is 0 Å². The molecule has 1 aromatic carbocycles. The molecule has 0 nitrogen and oxygen atoms in total. The third-order valence-electron chi connectivity index (χ3n) is 2.76. The molecule has 0 atom stereocenters. The lowest BCUT2D eigenvalue weighted by Crippen LogP contribution is -2.15. The minimum Gasteiger partial charge on any atom is -0.207 e. The van der Waals surface area contributed by atoms with Gasteiger partial charge in [-0.2, -0.15) is 0 Å². The predicted octanol–water partition coefficient (Wildman–Crippen LogP) is 4.56. The summed E-state index contributed by atoms with van der Waals surface area (Å²) >= 11 is 0. The third kappa shape index (κ3) is 2.58. The van der Waals surface area contributed by atoms with E-state index in [4.69, 9.17) is 0 Å². The Morgan fingerprint density at radius 2 is 1.67 bits per heavy atom. The summed E-state index contributed by atoms with van der Waals surface area (Å²) in [6, 6.07) is 3.69. The van der Waals surface area contributed by atoms with Crippen LogP contribution in [-0.4, -0.2) is 0 Å². The molecule has 0 fully saturated rings. The second-order valence-electron chi connectivity index (χ2n) is 5.59. The van der Waals surface area contributed by atoms with Crippen molar-refractivity contribution in [2.75, 3.05) is 0 Å². The zero-order valence-electron chi connectivity index (χ0n) is 10.6. The van der Waals surface area contributed by atoms with E-state index in [0.717, 1.165) is 11.1 Å². The monoisotopic (exact) mass is 208 g/mol. The lowest BCUT2D eigenvalue weighted by atomic mass is 9.80. The maximum absolute atomic E-state index is 13.5. The molecule has 0 aliphatic carbocycles. The van der Waals surface area contributed by atoms with Gasteiger partial charge in [-0.25, -0.2) is 4.39 Å². The van der Waals surface area contributed by atoms with Gasteiger partial charge in [0, 0.05) is 0 Å². The minimum atomic E-state index is -0.0910. The van der Waals surface area contributed by atoms with E-state index >= 15 is 0 Å². The van der Waals surface area contributed by atoms with Crippen molar-refractivity contribution in [2.24, 2.45) is 0 Å². The maximum Gasteiger partial charge on any atom is 0.126 e. The fraction of sp³-hybridized carbons (Fsp3) is 0.571. The third-order valence-corrected chi connectivity index (χ3v) is 2.76. The average molecular weight is 208 g/mol. The highest BCUT2D eigenvalue weighted by Gasteiger charge is 2.20. The molecule has 0 N–H and O–H groups in total. The highest BCUT2D eigenvalue weighted by atomic mass is 19.1. The lowest BCUT2D eigenvalue weighted by molar-refractivity contribution is 0.564. The molecule has 0 aliphatic heterocycles. The van der Waals surface area contributed by atoms with Gasteiger partial charge in [0.1, 0.15) is 5.82 Å². The number of hydrogen-bond acceptors (Lipinski definition) is 0. The van der Waals surface area contributed by atoms with Crippen molar-refractivity contribution in [2.45, 2.75) is 52.9 Å². The molecule has 1 heteroatoms. The zero-order chi connectivity index (χ0) is 11.8. The van der Waals surface area contributed by atoms with E-state index in [9.17, 15) is 4.39 Å². The molecule has 0 aliphatic rings. The van der Waals surface area contributed by atoms with Crippen molar-refractivity contribution >= 4 is 0 Å². The molecule has 0 saturated carbocycles. The van der Waals surface area contributed by atoms with Crippen LogP contribution in [0.1, 0.15) is 57.2 Å². The zero-order valence-corrected chi connectivity index (χ0v) is 10.6. The van der Waals surface area contributed by atoms with Gasteiger partial charge in [0.25, 0.3) is 0 Å². The smallest absolute Gasteiger partial charge is 0.126 e. The second-order valence-corrected chi connectivity index (χ2v) is 5.59. The Balaban J connectivity index is 3.42. The summed E-state index contributed by atoms with van der Waals surface area (Å²) in [5, 5.41) is 0. The number of aryl methyl sites for hydroxylation is 1. The van der Waals surface area contributed by atoms with E-state index in [1.807, 2.05) is 13.0 Å².